The first-order chi connectivity index (χ1) is 8.68. The van der Waals surface area contributed by atoms with Gasteiger partial charge in [0.15, 0.2) is 0 Å². The summed E-state index contributed by atoms with van der Waals surface area (Å²) in [5.74, 6) is 1.48. The van der Waals surface area contributed by atoms with E-state index in [9.17, 15) is 9.59 Å². The molecule has 0 bridgehead atoms. The van der Waals surface area contributed by atoms with Gasteiger partial charge in [0.1, 0.15) is 11.6 Å². The molecular weight excluding hydrogens is 224 g/mol. The highest BCUT2D eigenvalue weighted by Crippen LogP contribution is 2.27. The molecule has 0 aromatic heterocycles. The molecule has 1 rings (SSSR count). The molecule has 0 N–H and O–H groups in total. The van der Waals surface area contributed by atoms with Crippen LogP contribution in [0.2, 0.25) is 0 Å². The quantitative estimate of drug-likeness (QED) is 0.568. The minimum atomic E-state index is 0.195. The third-order valence-corrected chi connectivity index (χ3v) is 4.03. The molecule has 0 amide bonds. The number of Topliss-reactive ketones (excluding diaryl/α,β-unsaturated/α-hetero) is 2. The van der Waals surface area contributed by atoms with Gasteiger partial charge < -0.3 is 4.79 Å². The van der Waals surface area contributed by atoms with E-state index in [2.05, 4.69) is 0 Å². The maximum absolute atomic E-state index is 11.6. The van der Waals surface area contributed by atoms with Crippen LogP contribution in [0, 0.1) is 5.92 Å². The molecule has 1 aliphatic carbocycles. The van der Waals surface area contributed by atoms with Gasteiger partial charge in [-0.15, -0.1) is 0 Å². The van der Waals surface area contributed by atoms with Crippen molar-refractivity contribution in [3.8, 4) is 0 Å². The molecule has 0 atom stereocenters. The topological polar surface area (TPSA) is 34.1 Å². The summed E-state index contributed by atoms with van der Waals surface area (Å²) in [5.41, 5.74) is 0. The average Bonchev–Trinajstić information content (AvgIpc) is 2.35. The summed E-state index contributed by atoms with van der Waals surface area (Å²) in [6, 6.07) is 0. The zero-order chi connectivity index (χ0) is 13.2. The maximum Gasteiger partial charge on any atom is 0.132 e. The molecule has 2 nitrogen and oxygen atoms in total. The van der Waals surface area contributed by atoms with Crippen molar-refractivity contribution in [2.24, 2.45) is 5.92 Å². The van der Waals surface area contributed by atoms with E-state index in [-0.39, 0.29) is 5.78 Å². The average molecular weight is 252 g/mol. The summed E-state index contributed by atoms with van der Waals surface area (Å²) >= 11 is 0. The van der Waals surface area contributed by atoms with Crippen LogP contribution in [0.15, 0.2) is 0 Å². The number of rotatable bonds is 9. The Morgan fingerprint density at radius 1 is 0.889 bits per heavy atom. The Kier molecular flexibility index (Phi) is 7.95. The Bertz CT molecular complexity index is 252. The predicted molar refractivity (Wildman–Crippen MR) is 74.6 cm³/mol. The SMILES string of the molecule is CC(=O)CCCC(=O)CCCCC1CCCCC1. The Balaban J connectivity index is 1.93. The molecule has 18 heavy (non-hydrogen) atoms. The van der Waals surface area contributed by atoms with Crippen LogP contribution in [0.25, 0.3) is 0 Å². The van der Waals surface area contributed by atoms with Gasteiger partial charge in [-0.25, -0.2) is 0 Å². The molecular formula is C16H28O2. The molecule has 0 heterocycles. The summed E-state index contributed by atoms with van der Waals surface area (Å²) in [7, 11) is 0. The fourth-order valence-corrected chi connectivity index (χ4v) is 2.89. The smallest absolute Gasteiger partial charge is 0.132 e. The first kappa shape index (κ1) is 15.4. The van der Waals surface area contributed by atoms with Gasteiger partial charge >= 0.3 is 0 Å². The van der Waals surface area contributed by atoms with E-state index in [1.54, 1.807) is 6.92 Å². The number of hydrogen-bond donors (Lipinski definition) is 0. The van der Waals surface area contributed by atoms with Crippen molar-refractivity contribution in [3.63, 3.8) is 0 Å². The van der Waals surface area contributed by atoms with Gasteiger partial charge in [-0.2, -0.15) is 0 Å². The minimum Gasteiger partial charge on any atom is -0.300 e. The number of hydrogen-bond acceptors (Lipinski definition) is 2. The lowest BCUT2D eigenvalue weighted by Crippen LogP contribution is -2.06. The molecule has 0 spiro atoms. The molecule has 0 saturated heterocycles. The minimum absolute atomic E-state index is 0.195. The van der Waals surface area contributed by atoms with Gasteiger partial charge in [0.2, 0.25) is 0 Å². The molecule has 0 radical (unpaired) electrons. The highest BCUT2D eigenvalue weighted by atomic mass is 16.1. The van der Waals surface area contributed by atoms with Crippen LogP contribution in [0.1, 0.15) is 84.0 Å². The van der Waals surface area contributed by atoms with Crippen LogP contribution < -0.4 is 0 Å². The first-order valence-corrected chi connectivity index (χ1v) is 7.69. The van der Waals surface area contributed by atoms with Gasteiger partial charge in [-0.05, 0) is 25.7 Å². The second kappa shape index (κ2) is 9.29. The highest BCUT2D eigenvalue weighted by Gasteiger charge is 2.12. The van der Waals surface area contributed by atoms with Gasteiger partial charge in [-0.3, -0.25) is 4.79 Å². The zero-order valence-electron chi connectivity index (χ0n) is 11.9. The second-order valence-corrected chi connectivity index (χ2v) is 5.84. The van der Waals surface area contributed by atoms with Crippen molar-refractivity contribution in [1.82, 2.24) is 0 Å². The first-order valence-electron chi connectivity index (χ1n) is 7.69. The molecule has 104 valence electrons. The number of carbonyl (C=O) groups is 2. The molecule has 1 fully saturated rings. The van der Waals surface area contributed by atoms with E-state index in [1.807, 2.05) is 0 Å². The third kappa shape index (κ3) is 7.62. The summed E-state index contributed by atoms with van der Waals surface area (Å²) in [6.45, 7) is 1.59. The molecule has 0 aliphatic heterocycles. The van der Waals surface area contributed by atoms with E-state index in [0.717, 1.165) is 25.2 Å². The van der Waals surface area contributed by atoms with E-state index in [4.69, 9.17) is 0 Å². The van der Waals surface area contributed by atoms with E-state index >= 15 is 0 Å². The van der Waals surface area contributed by atoms with E-state index in [0.29, 0.717) is 18.6 Å². The van der Waals surface area contributed by atoms with E-state index < -0.39 is 0 Å². The van der Waals surface area contributed by atoms with Crippen molar-refractivity contribution in [2.75, 3.05) is 0 Å². The van der Waals surface area contributed by atoms with Crippen LogP contribution in [-0.2, 0) is 9.59 Å². The number of carbonyl (C=O) groups excluding carboxylic acids is 2. The van der Waals surface area contributed by atoms with Gasteiger partial charge in [0, 0.05) is 19.3 Å². The third-order valence-electron chi connectivity index (χ3n) is 4.03. The highest BCUT2D eigenvalue weighted by molar-refractivity contribution is 5.80. The van der Waals surface area contributed by atoms with Gasteiger partial charge in [0.25, 0.3) is 0 Å². The summed E-state index contributed by atoms with van der Waals surface area (Å²) in [5, 5.41) is 0. The summed E-state index contributed by atoms with van der Waals surface area (Å²) in [6.07, 6.45) is 13.3. The lowest BCUT2D eigenvalue weighted by atomic mass is 9.85. The normalized spacial score (nSPS) is 16.7. The summed E-state index contributed by atoms with van der Waals surface area (Å²) in [4.78, 5) is 22.3. The van der Waals surface area contributed by atoms with Crippen LogP contribution in [0.5, 0.6) is 0 Å². The lowest BCUT2D eigenvalue weighted by Gasteiger charge is -2.21. The predicted octanol–water partition coefficient (Wildman–Crippen LogP) is 4.46. The van der Waals surface area contributed by atoms with Crippen LogP contribution in [0.3, 0.4) is 0 Å². The van der Waals surface area contributed by atoms with Crippen molar-refractivity contribution in [1.29, 1.82) is 0 Å². The largest absolute Gasteiger partial charge is 0.300 e. The standard InChI is InChI=1S/C16H28O2/c1-14(17)8-7-13-16(18)12-6-5-11-15-9-3-2-4-10-15/h15H,2-13H2,1H3. The Hall–Kier alpha value is -0.660. The van der Waals surface area contributed by atoms with Crippen molar-refractivity contribution < 1.29 is 9.59 Å². The van der Waals surface area contributed by atoms with Crippen LogP contribution in [-0.4, -0.2) is 11.6 Å². The maximum atomic E-state index is 11.6. The van der Waals surface area contributed by atoms with E-state index in [1.165, 1.54) is 44.9 Å². The molecule has 0 unspecified atom stereocenters. The van der Waals surface area contributed by atoms with Gasteiger partial charge in [0.05, 0.1) is 0 Å². The van der Waals surface area contributed by atoms with Crippen LogP contribution >= 0.6 is 0 Å². The molecule has 0 aromatic rings. The number of ketones is 2. The zero-order valence-corrected chi connectivity index (χ0v) is 11.9. The second-order valence-electron chi connectivity index (χ2n) is 5.84. The molecule has 1 aliphatic rings. The fourth-order valence-electron chi connectivity index (χ4n) is 2.89. The Morgan fingerprint density at radius 3 is 2.22 bits per heavy atom. The van der Waals surface area contributed by atoms with Crippen molar-refractivity contribution in [2.45, 2.75) is 84.0 Å². The van der Waals surface area contributed by atoms with Gasteiger partial charge in [-0.1, -0.05) is 44.9 Å². The van der Waals surface area contributed by atoms with Crippen molar-refractivity contribution in [3.05, 3.63) is 0 Å². The molecule has 1 saturated carbocycles. The van der Waals surface area contributed by atoms with Crippen LogP contribution in [0.4, 0.5) is 0 Å². The Labute approximate surface area is 112 Å². The molecule has 2 heteroatoms. The monoisotopic (exact) mass is 252 g/mol. The Morgan fingerprint density at radius 2 is 1.56 bits per heavy atom. The number of unbranched alkanes of at least 4 members (excludes halogenated alkanes) is 1. The lowest BCUT2D eigenvalue weighted by molar-refractivity contribution is -0.119. The summed E-state index contributed by atoms with van der Waals surface area (Å²) < 4.78 is 0. The fraction of sp³-hybridized carbons (Fsp3) is 0.875. The van der Waals surface area contributed by atoms with Crippen molar-refractivity contribution >= 4 is 11.6 Å². The molecule has 0 aromatic carbocycles.